The Labute approximate surface area is 140 Å². The molecular formula is C17H23N3O4. The number of β-amino-alcohol motifs (C(OH)–C–C–N with tert-alkyl or cyclic N) is 1. The molecule has 7 heteroatoms. The van der Waals surface area contributed by atoms with Gasteiger partial charge in [0.1, 0.15) is 12.1 Å². The molecule has 1 saturated heterocycles. The van der Waals surface area contributed by atoms with Gasteiger partial charge in [-0.15, -0.1) is 0 Å². The van der Waals surface area contributed by atoms with E-state index >= 15 is 0 Å². The van der Waals surface area contributed by atoms with Crippen molar-refractivity contribution in [2.75, 3.05) is 6.54 Å². The summed E-state index contributed by atoms with van der Waals surface area (Å²) < 4.78 is 0. The van der Waals surface area contributed by atoms with Crippen molar-refractivity contribution >= 4 is 17.7 Å². The lowest BCUT2D eigenvalue weighted by Crippen LogP contribution is -2.52. The second-order valence-electron chi connectivity index (χ2n) is 6.06. The van der Waals surface area contributed by atoms with Gasteiger partial charge in [-0.1, -0.05) is 30.3 Å². The number of rotatable bonds is 6. The van der Waals surface area contributed by atoms with Gasteiger partial charge in [0.15, 0.2) is 0 Å². The number of aryl methyl sites for hydroxylation is 1. The Morgan fingerprint density at radius 2 is 2.00 bits per heavy atom. The van der Waals surface area contributed by atoms with E-state index in [0.29, 0.717) is 12.8 Å². The van der Waals surface area contributed by atoms with Crippen molar-refractivity contribution in [3.05, 3.63) is 35.9 Å². The highest BCUT2D eigenvalue weighted by Gasteiger charge is 2.38. The van der Waals surface area contributed by atoms with E-state index in [9.17, 15) is 19.5 Å². The Bertz CT molecular complexity index is 605. The normalized spacial score (nSPS) is 21.3. The van der Waals surface area contributed by atoms with Crippen LogP contribution in [0.25, 0.3) is 0 Å². The van der Waals surface area contributed by atoms with Gasteiger partial charge in [0.2, 0.25) is 17.7 Å². The highest BCUT2D eigenvalue weighted by atomic mass is 16.3. The van der Waals surface area contributed by atoms with Gasteiger partial charge >= 0.3 is 0 Å². The summed E-state index contributed by atoms with van der Waals surface area (Å²) in [6, 6.07) is 7.99. The van der Waals surface area contributed by atoms with Crippen LogP contribution in [0.3, 0.4) is 0 Å². The van der Waals surface area contributed by atoms with E-state index in [-0.39, 0.29) is 18.9 Å². The molecule has 0 radical (unpaired) electrons. The molecule has 7 nitrogen and oxygen atoms in total. The fourth-order valence-electron chi connectivity index (χ4n) is 2.92. The molecule has 1 fully saturated rings. The Balaban J connectivity index is 1.98. The minimum Gasteiger partial charge on any atom is -0.391 e. The minimum absolute atomic E-state index is 0.124. The van der Waals surface area contributed by atoms with Crippen molar-refractivity contribution in [2.24, 2.45) is 5.73 Å². The van der Waals surface area contributed by atoms with Crippen LogP contribution in [0.1, 0.15) is 25.3 Å². The lowest BCUT2D eigenvalue weighted by Gasteiger charge is -2.24. The molecule has 3 amide bonds. The SMILES string of the molecule is CC(=O)N1C[C@H](O)C[C@H]1C(=O)N[C@H](CCc1ccccc1)C(N)=O. The number of aliphatic hydroxyl groups excluding tert-OH is 1. The summed E-state index contributed by atoms with van der Waals surface area (Å²) in [5.41, 5.74) is 6.43. The molecule has 4 N–H and O–H groups in total. The second-order valence-corrected chi connectivity index (χ2v) is 6.06. The summed E-state index contributed by atoms with van der Waals surface area (Å²) in [6.45, 7) is 1.47. The number of nitrogens with zero attached hydrogens (tertiary/aromatic N) is 1. The van der Waals surface area contributed by atoms with Gasteiger partial charge in [0.25, 0.3) is 0 Å². The lowest BCUT2D eigenvalue weighted by atomic mass is 10.0. The van der Waals surface area contributed by atoms with Crippen LogP contribution in [-0.2, 0) is 20.8 Å². The smallest absolute Gasteiger partial charge is 0.243 e. The number of likely N-dealkylation sites (tertiary alicyclic amines) is 1. The number of nitrogens with one attached hydrogen (secondary N) is 1. The summed E-state index contributed by atoms with van der Waals surface area (Å²) >= 11 is 0. The molecule has 3 atom stereocenters. The van der Waals surface area contributed by atoms with E-state index in [1.54, 1.807) is 0 Å². The Kier molecular flexibility index (Phi) is 5.92. The van der Waals surface area contributed by atoms with Crippen LogP contribution in [0.15, 0.2) is 30.3 Å². The average molecular weight is 333 g/mol. The van der Waals surface area contributed by atoms with Crippen molar-refractivity contribution in [3.63, 3.8) is 0 Å². The van der Waals surface area contributed by atoms with Gasteiger partial charge in [0.05, 0.1) is 6.10 Å². The van der Waals surface area contributed by atoms with E-state index in [0.717, 1.165) is 5.56 Å². The monoisotopic (exact) mass is 333 g/mol. The van der Waals surface area contributed by atoms with Crippen LogP contribution in [-0.4, -0.2) is 52.5 Å². The fraction of sp³-hybridized carbons (Fsp3) is 0.471. The number of hydrogen-bond acceptors (Lipinski definition) is 4. The van der Waals surface area contributed by atoms with Gasteiger partial charge in [0, 0.05) is 19.9 Å². The molecule has 1 aliphatic rings. The number of hydrogen-bond donors (Lipinski definition) is 3. The van der Waals surface area contributed by atoms with Gasteiger partial charge in [-0.05, 0) is 18.4 Å². The summed E-state index contributed by atoms with van der Waals surface area (Å²) in [6.07, 6.45) is 0.398. The topological polar surface area (TPSA) is 113 Å². The van der Waals surface area contributed by atoms with Gasteiger partial charge in [-0.2, -0.15) is 0 Å². The highest BCUT2D eigenvalue weighted by Crippen LogP contribution is 2.18. The molecule has 1 aromatic carbocycles. The highest BCUT2D eigenvalue weighted by molar-refractivity contribution is 5.91. The maximum atomic E-state index is 12.4. The standard InChI is InChI=1S/C17H23N3O4/c1-11(21)20-10-13(22)9-15(20)17(24)19-14(16(18)23)8-7-12-5-3-2-4-6-12/h2-6,13-15,22H,7-10H2,1H3,(H2,18,23)(H,19,24)/t13-,14-,15+/m1/s1. The molecule has 0 spiro atoms. The van der Waals surface area contributed by atoms with E-state index in [4.69, 9.17) is 5.73 Å². The third kappa shape index (κ3) is 4.55. The molecule has 0 bridgehead atoms. The Morgan fingerprint density at radius 3 is 2.58 bits per heavy atom. The zero-order chi connectivity index (χ0) is 17.7. The summed E-state index contributed by atoms with van der Waals surface area (Å²) in [5, 5.41) is 12.3. The first kappa shape index (κ1) is 17.9. The molecule has 24 heavy (non-hydrogen) atoms. The van der Waals surface area contributed by atoms with E-state index < -0.39 is 30.0 Å². The number of aliphatic hydroxyl groups is 1. The molecule has 1 aromatic rings. The van der Waals surface area contributed by atoms with Crippen molar-refractivity contribution < 1.29 is 19.5 Å². The number of benzene rings is 1. The summed E-state index contributed by atoms with van der Waals surface area (Å²) in [4.78, 5) is 36.9. The van der Waals surface area contributed by atoms with Gasteiger partial charge in [-0.3, -0.25) is 14.4 Å². The van der Waals surface area contributed by atoms with Gasteiger partial charge in [-0.25, -0.2) is 0 Å². The quantitative estimate of drug-likeness (QED) is 0.655. The maximum absolute atomic E-state index is 12.4. The first-order valence-corrected chi connectivity index (χ1v) is 7.97. The van der Waals surface area contributed by atoms with Crippen LogP contribution in [0.2, 0.25) is 0 Å². The van der Waals surface area contributed by atoms with E-state index in [2.05, 4.69) is 5.32 Å². The molecule has 0 unspecified atom stereocenters. The van der Waals surface area contributed by atoms with Crippen molar-refractivity contribution in [2.45, 2.75) is 44.4 Å². The zero-order valence-corrected chi connectivity index (χ0v) is 13.6. The molecule has 1 aliphatic heterocycles. The van der Waals surface area contributed by atoms with Crippen LogP contribution in [0, 0.1) is 0 Å². The lowest BCUT2D eigenvalue weighted by molar-refractivity contribution is -0.138. The first-order valence-electron chi connectivity index (χ1n) is 7.97. The first-order chi connectivity index (χ1) is 11.4. The number of carbonyl (C=O) groups is 3. The van der Waals surface area contributed by atoms with Crippen LogP contribution >= 0.6 is 0 Å². The van der Waals surface area contributed by atoms with Crippen molar-refractivity contribution in [1.82, 2.24) is 10.2 Å². The summed E-state index contributed by atoms with van der Waals surface area (Å²) in [7, 11) is 0. The van der Waals surface area contributed by atoms with Crippen LogP contribution in [0.4, 0.5) is 0 Å². The predicted molar refractivity (Wildman–Crippen MR) is 87.7 cm³/mol. The largest absolute Gasteiger partial charge is 0.391 e. The molecule has 130 valence electrons. The third-order valence-corrected chi connectivity index (χ3v) is 4.21. The molecule has 1 heterocycles. The number of primary amides is 1. The van der Waals surface area contributed by atoms with Crippen LogP contribution < -0.4 is 11.1 Å². The third-order valence-electron chi connectivity index (χ3n) is 4.21. The van der Waals surface area contributed by atoms with Crippen molar-refractivity contribution in [3.8, 4) is 0 Å². The predicted octanol–water partition coefficient (Wildman–Crippen LogP) is -0.429. The fourth-order valence-corrected chi connectivity index (χ4v) is 2.92. The van der Waals surface area contributed by atoms with Crippen LogP contribution in [0.5, 0.6) is 0 Å². The van der Waals surface area contributed by atoms with E-state index in [1.807, 2.05) is 30.3 Å². The molecule has 0 aliphatic carbocycles. The zero-order valence-electron chi connectivity index (χ0n) is 13.6. The number of amides is 3. The molecular weight excluding hydrogens is 310 g/mol. The number of nitrogens with two attached hydrogens (primary N) is 1. The Morgan fingerprint density at radius 1 is 1.33 bits per heavy atom. The maximum Gasteiger partial charge on any atom is 0.243 e. The number of carbonyl (C=O) groups excluding carboxylic acids is 3. The minimum atomic E-state index is -0.816. The summed E-state index contributed by atoms with van der Waals surface area (Å²) in [5.74, 6) is -1.36. The van der Waals surface area contributed by atoms with Gasteiger partial charge < -0.3 is 21.1 Å². The Hall–Kier alpha value is -2.41. The van der Waals surface area contributed by atoms with E-state index in [1.165, 1.54) is 11.8 Å². The van der Waals surface area contributed by atoms with Crippen molar-refractivity contribution in [1.29, 1.82) is 0 Å². The molecule has 0 saturated carbocycles. The average Bonchev–Trinajstić information content (AvgIpc) is 2.94. The second kappa shape index (κ2) is 7.92. The molecule has 2 rings (SSSR count). The molecule has 0 aromatic heterocycles.